The highest BCUT2D eigenvalue weighted by Gasteiger charge is 2.22. The average Bonchev–Trinajstić information content (AvgIpc) is 2.09. The molecular formula is C10H9Br2NO. The van der Waals surface area contributed by atoms with E-state index in [2.05, 4.69) is 36.9 Å². The lowest BCUT2D eigenvalue weighted by Gasteiger charge is -2.19. The van der Waals surface area contributed by atoms with Crippen LogP contribution in [0.4, 0.5) is 0 Å². The molecule has 0 saturated carbocycles. The number of hydrogen-bond donors (Lipinski definition) is 0. The van der Waals surface area contributed by atoms with E-state index in [1.54, 1.807) is 6.08 Å². The summed E-state index contributed by atoms with van der Waals surface area (Å²) < 4.78 is 1.90. The number of benzene rings is 1. The molecule has 1 aromatic rings. The molecule has 0 aromatic heterocycles. The van der Waals surface area contributed by atoms with Crippen LogP contribution in [-0.2, 0) is 10.3 Å². The molecule has 4 heteroatoms. The van der Waals surface area contributed by atoms with Crippen LogP contribution < -0.4 is 0 Å². The second-order valence-corrected chi connectivity index (χ2v) is 5.16. The van der Waals surface area contributed by atoms with Crippen LogP contribution in [0.25, 0.3) is 0 Å². The van der Waals surface area contributed by atoms with Gasteiger partial charge in [0.25, 0.3) is 0 Å². The normalized spacial score (nSPS) is 10.9. The first-order chi connectivity index (χ1) is 6.47. The van der Waals surface area contributed by atoms with Crippen molar-refractivity contribution in [3.63, 3.8) is 0 Å². The van der Waals surface area contributed by atoms with Gasteiger partial charge < -0.3 is 0 Å². The summed E-state index contributed by atoms with van der Waals surface area (Å²) in [5, 5.41) is 0. The molecule has 0 amide bonds. The minimum absolute atomic E-state index is 0.551. The molecule has 0 unspecified atom stereocenters. The van der Waals surface area contributed by atoms with Crippen molar-refractivity contribution in [2.24, 2.45) is 4.99 Å². The van der Waals surface area contributed by atoms with E-state index < -0.39 is 5.54 Å². The highest BCUT2D eigenvalue weighted by atomic mass is 79.9. The Morgan fingerprint density at radius 3 is 2.57 bits per heavy atom. The van der Waals surface area contributed by atoms with Crippen molar-refractivity contribution < 1.29 is 4.79 Å². The first-order valence-corrected chi connectivity index (χ1v) is 5.60. The van der Waals surface area contributed by atoms with E-state index in [4.69, 9.17) is 0 Å². The van der Waals surface area contributed by atoms with Crippen LogP contribution in [0, 0.1) is 0 Å². The molecule has 0 N–H and O–H groups in total. The number of isocyanates is 1. The third kappa shape index (κ3) is 2.53. The maximum atomic E-state index is 10.3. The van der Waals surface area contributed by atoms with Crippen molar-refractivity contribution in [1.82, 2.24) is 0 Å². The standard InChI is InChI=1S/C10H9Br2NO/c1-10(2,13-6-14)8-5-7(11)3-4-9(8)12/h3-5H,1-2H3. The van der Waals surface area contributed by atoms with Crippen molar-refractivity contribution >= 4 is 37.9 Å². The highest BCUT2D eigenvalue weighted by molar-refractivity contribution is 9.11. The molecule has 0 aliphatic heterocycles. The summed E-state index contributed by atoms with van der Waals surface area (Å²) in [5.41, 5.74) is 0.403. The number of aliphatic imine (C=N–C) groups is 1. The SMILES string of the molecule is CC(C)(N=C=O)c1cc(Br)ccc1Br. The molecule has 0 bridgehead atoms. The zero-order valence-electron chi connectivity index (χ0n) is 7.84. The number of carbonyl (C=O) groups excluding carboxylic acids is 1. The van der Waals surface area contributed by atoms with Crippen molar-refractivity contribution in [1.29, 1.82) is 0 Å². The van der Waals surface area contributed by atoms with Crippen LogP contribution in [0.3, 0.4) is 0 Å². The molecule has 1 aromatic carbocycles. The summed E-state index contributed by atoms with van der Waals surface area (Å²) in [6, 6.07) is 5.78. The molecule has 0 atom stereocenters. The summed E-state index contributed by atoms with van der Waals surface area (Å²) in [7, 11) is 0. The van der Waals surface area contributed by atoms with Crippen LogP contribution in [0.15, 0.2) is 32.1 Å². The number of hydrogen-bond acceptors (Lipinski definition) is 2. The van der Waals surface area contributed by atoms with Gasteiger partial charge in [-0.1, -0.05) is 31.9 Å². The van der Waals surface area contributed by atoms with Gasteiger partial charge in [0.2, 0.25) is 6.08 Å². The Bertz CT molecular complexity index is 395. The summed E-state index contributed by atoms with van der Waals surface area (Å²) in [6.07, 6.45) is 1.59. The third-order valence-electron chi connectivity index (χ3n) is 1.91. The fraction of sp³-hybridized carbons (Fsp3) is 0.300. The van der Waals surface area contributed by atoms with Gasteiger partial charge in [0.15, 0.2) is 0 Å². The molecule has 0 aliphatic carbocycles. The van der Waals surface area contributed by atoms with Crippen LogP contribution in [0.2, 0.25) is 0 Å². The van der Waals surface area contributed by atoms with E-state index in [1.165, 1.54) is 0 Å². The van der Waals surface area contributed by atoms with E-state index in [9.17, 15) is 4.79 Å². The number of nitrogens with zero attached hydrogens (tertiary/aromatic N) is 1. The lowest BCUT2D eigenvalue weighted by atomic mass is 9.95. The Morgan fingerprint density at radius 1 is 1.36 bits per heavy atom. The van der Waals surface area contributed by atoms with Crippen molar-refractivity contribution in [2.75, 3.05) is 0 Å². The minimum atomic E-state index is -0.551. The summed E-state index contributed by atoms with van der Waals surface area (Å²) in [6.45, 7) is 3.73. The summed E-state index contributed by atoms with van der Waals surface area (Å²) in [4.78, 5) is 14.0. The molecule has 0 spiro atoms. The molecule has 0 heterocycles. The van der Waals surface area contributed by atoms with Crippen LogP contribution in [-0.4, -0.2) is 6.08 Å². The van der Waals surface area contributed by atoms with E-state index in [0.29, 0.717) is 0 Å². The van der Waals surface area contributed by atoms with Gasteiger partial charge in [-0.15, -0.1) is 0 Å². The van der Waals surface area contributed by atoms with Gasteiger partial charge in [0.05, 0.1) is 5.54 Å². The second-order valence-electron chi connectivity index (χ2n) is 3.39. The van der Waals surface area contributed by atoms with E-state index in [1.807, 2.05) is 32.0 Å². The molecular weight excluding hydrogens is 310 g/mol. The Labute approximate surface area is 99.7 Å². The van der Waals surface area contributed by atoms with E-state index in [-0.39, 0.29) is 0 Å². The fourth-order valence-corrected chi connectivity index (χ4v) is 2.23. The van der Waals surface area contributed by atoms with Crippen LogP contribution in [0.1, 0.15) is 19.4 Å². The Balaban J connectivity index is 3.30. The molecule has 0 saturated heterocycles. The maximum Gasteiger partial charge on any atom is 0.235 e. The van der Waals surface area contributed by atoms with Crippen molar-refractivity contribution in [3.8, 4) is 0 Å². The van der Waals surface area contributed by atoms with Gasteiger partial charge in [-0.2, -0.15) is 4.99 Å². The monoisotopic (exact) mass is 317 g/mol. The zero-order chi connectivity index (χ0) is 10.8. The largest absolute Gasteiger partial charge is 0.235 e. The Kier molecular flexibility index (Phi) is 3.65. The van der Waals surface area contributed by atoms with Gasteiger partial charge in [-0.3, -0.25) is 0 Å². The lowest BCUT2D eigenvalue weighted by molar-refractivity contribution is 0.521. The Morgan fingerprint density at radius 2 is 2.00 bits per heavy atom. The first-order valence-electron chi connectivity index (χ1n) is 4.02. The van der Waals surface area contributed by atoms with Gasteiger partial charge in [0.1, 0.15) is 0 Å². The predicted octanol–water partition coefficient (Wildman–Crippen LogP) is 3.78. The lowest BCUT2D eigenvalue weighted by Crippen LogP contribution is -2.14. The Hall–Kier alpha value is -0.440. The van der Waals surface area contributed by atoms with Gasteiger partial charge in [-0.25, -0.2) is 4.79 Å². The van der Waals surface area contributed by atoms with Crippen LogP contribution >= 0.6 is 31.9 Å². The summed E-state index contributed by atoms with van der Waals surface area (Å²) >= 11 is 6.80. The number of rotatable bonds is 2. The molecule has 0 aliphatic rings. The second kappa shape index (κ2) is 4.39. The number of halogens is 2. The highest BCUT2D eigenvalue weighted by Crippen LogP contribution is 2.32. The zero-order valence-corrected chi connectivity index (χ0v) is 11.0. The predicted molar refractivity (Wildman–Crippen MR) is 63.0 cm³/mol. The first kappa shape index (κ1) is 11.6. The summed E-state index contributed by atoms with van der Waals surface area (Å²) in [5.74, 6) is 0. The smallest absolute Gasteiger partial charge is 0.211 e. The average molecular weight is 319 g/mol. The van der Waals surface area contributed by atoms with E-state index >= 15 is 0 Å². The molecule has 0 fully saturated rings. The third-order valence-corrected chi connectivity index (χ3v) is 3.10. The van der Waals surface area contributed by atoms with Crippen molar-refractivity contribution in [2.45, 2.75) is 19.4 Å². The van der Waals surface area contributed by atoms with Crippen LogP contribution in [0.5, 0.6) is 0 Å². The van der Waals surface area contributed by atoms with Gasteiger partial charge in [0, 0.05) is 8.95 Å². The quantitative estimate of drug-likeness (QED) is 0.602. The fourth-order valence-electron chi connectivity index (χ4n) is 1.14. The van der Waals surface area contributed by atoms with Gasteiger partial charge in [-0.05, 0) is 37.6 Å². The molecule has 14 heavy (non-hydrogen) atoms. The molecule has 2 nitrogen and oxygen atoms in total. The topological polar surface area (TPSA) is 29.4 Å². The minimum Gasteiger partial charge on any atom is -0.211 e. The van der Waals surface area contributed by atoms with Crippen molar-refractivity contribution in [3.05, 3.63) is 32.7 Å². The molecule has 1 rings (SSSR count). The van der Waals surface area contributed by atoms with E-state index in [0.717, 1.165) is 14.5 Å². The molecule has 74 valence electrons. The van der Waals surface area contributed by atoms with Gasteiger partial charge >= 0.3 is 0 Å². The maximum absolute atomic E-state index is 10.3. The molecule has 0 radical (unpaired) electrons.